The molecule has 2 amide bonds. The Bertz CT molecular complexity index is 594. The van der Waals surface area contributed by atoms with Gasteiger partial charge in [-0.1, -0.05) is 12.1 Å². The van der Waals surface area contributed by atoms with Crippen LogP contribution in [0.1, 0.15) is 30.9 Å². The molecule has 26 heavy (non-hydrogen) atoms. The van der Waals surface area contributed by atoms with Crippen LogP contribution in [-0.4, -0.2) is 57.2 Å². The predicted octanol–water partition coefficient (Wildman–Crippen LogP) is 1.90. The molecule has 0 bridgehead atoms. The zero-order valence-corrected chi connectivity index (χ0v) is 15.4. The molecule has 1 aromatic rings. The highest BCUT2D eigenvalue weighted by Gasteiger charge is 2.40. The molecule has 0 aromatic heterocycles. The fourth-order valence-corrected chi connectivity index (χ4v) is 3.31. The third-order valence-electron chi connectivity index (χ3n) is 4.62. The first-order chi connectivity index (χ1) is 12.6. The largest absolute Gasteiger partial charge is 0.385 e. The highest BCUT2D eigenvalue weighted by molar-refractivity contribution is 5.85. The first-order valence-corrected chi connectivity index (χ1v) is 8.89. The van der Waals surface area contributed by atoms with Crippen LogP contribution in [0.2, 0.25) is 0 Å². The molecule has 7 heteroatoms. The summed E-state index contributed by atoms with van der Waals surface area (Å²) in [6.45, 7) is 1.87. The zero-order chi connectivity index (χ0) is 18.9. The number of benzene rings is 1. The van der Waals surface area contributed by atoms with Crippen LogP contribution in [0, 0.1) is 11.7 Å². The lowest BCUT2D eigenvalue weighted by molar-refractivity contribution is -0.144. The van der Waals surface area contributed by atoms with Crippen LogP contribution in [0.15, 0.2) is 24.3 Å². The first-order valence-electron chi connectivity index (χ1n) is 8.89. The molecule has 0 unspecified atom stereocenters. The molecule has 0 saturated carbocycles. The summed E-state index contributed by atoms with van der Waals surface area (Å²) in [7, 11) is 3.19. The molecule has 0 radical (unpaired) electrons. The number of hydrogen-bond donors (Lipinski definition) is 1. The van der Waals surface area contributed by atoms with E-state index in [9.17, 15) is 14.0 Å². The minimum Gasteiger partial charge on any atom is -0.385 e. The Kier molecular flexibility index (Phi) is 8.00. The van der Waals surface area contributed by atoms with Gasteiger partial charge in [0, 0.05) is 40.3 Å². The average molecular weight is 366 g/mol. The van der Waals surface area contributed by atoms with Crippen molar-refractivity contribution in [3.8, 4) is 0 Å². The van der Waals surface area contributed by atoms with Crippen molar-refractivity contribution >= 4 is 11.8 Å². The first kappa shape index (κ1) is 20.3. The van der Waals surface area contributed by atoms with Gasteiger partial charge in [-0.25, -0.2) is 4.39 Å². The van der Waals surface area contributed by atoms with Crippen LogP contribution in [0.3, 0.4) is 0 Å². The molecule has 1 aliphatic rings. The Morgan fingerprint density at radius 1 is 1.23 bits per heavy atom. The molecule has 2 rings (SSSR count). The Labute approximate surface area is 153 Å². The fourth-order valence-electron chi connectivity index (χ4n) is 3.31. The number of rotatable bonds is 9. The normalized spacial score (nSPS) is 20.3. The number of halogens is 1. The van der Waals surface area contributed by atoms with Gasteiger partial charge in [0.25, 0.3) is 0 Å². The minimum atomic E-state index is -0.422. The van der Waals surface area contributed by atoms with Crippen molar-refractivity contribution in [2.45, 2.75) is 25.3 Å². The molecule has 1 aliphatic heterocycles. The maximum Gasteiger partial charge on any atom is 0.225 e. The van der Waals surface area contributed by atoms with Gasteiger partial charge in [0.05, 0.1) is 18.6 Å². The van der Waals surface area contributed by atoms with Gasteiger partial charge in [0.15, 0.2) is 0 Å². The van der Waals surface area contributed by atoms with Gasteiger partial charge in [0.1, 0.15) is 5.82 Å². The highest BCUT2D eigenvalue weighted by atomic mass is 19.1. The predicted molar refractivity (Wildman–Crippen MR) is 95.0 cm³/mol. The summed E-state index contributed by atoms with van der Waals surface area (Å²) in [5.41, 5.74) is 0.757. The molecule has 1 heterocycles. The van der Waals surface area contributed by atoms with Crippen molar-refractivity contribution in [2.75, 3.05) is 40.5 Å². The molecule has 1 N–H and O–H groups in total. The molecule has 0 spiro atoms. The number of carbonyl (C=O) groups is 2. The molecule has 1 saturated heterocycles. The van der Waals surface area contributed by atoms with E-state index in [0.29, 0.717) is 39.1 Å². The van der Waals surface area contributed by atoms with E-state index in [4.69, 9.17) is 9.47 Å². The van der Waals surface area contributed by atoms with E-state index in [1.54, 1.807) is 31.3 Å². The second kappa shape index (κ2) is 10.2. The zero-order valence-electron chi connectivity index (χ0n) is 15.4. The maximum atomic E-state index is 13.3. The Morgan fingerprint density at radius 3 is 2.58 bits per heavy atom. The Balaban J connectivity index is 2.21. The monoisotopic (exact) mass is 366 g/mol. The standard InChI is InChI=1S/C19H27FN2O4/c1-25-12-3-10-21-19(24)16-8-9-17(23)22(11-13-26-2)18(16)14-4-6-15(20)7-5-14/h4-7,16,18H,3,8-13H2,1-2H3,(H,21,24)/t16-,18+/m1/s1. The molecule has 1 fully saturated rings. The lowest BCUT2D eigenvalue weighted by Gasteiger charge is -2.40. The van der Waals surface area contributed by atoms with Crippen molar-refractivity contribution in [3.05, 3.63) is 35.6 Å². The summed E-state index contributed by atoms with van der Waals surface area (Å²) >= 11 is 0. The van der Waals surface area contributed by atoms with E-state index in [1.807, 2.05) is 0 Å². The van der Waals surface area contributed by atoms with Gasteiger partial charge in [0.2, 0.25) is 11.8 Å². The van der Waals surface area contributed by atoms with Gasteiger partial charge in [-0.3, -0.25) is 9.59 Å². The lowest BCUT2D eigenvalue weighted by atomic mass is 9.83. The number of likely N-dealkylation sites (tertiary alicyclic amines) is 1. The summed E-state index contributed by atoms with van der Waals surface area (Å²) in [6, 6.07) is 5.58. The minimum absolute atomic E-state index is 0.0141. The number of carbonyl (C=O) groups excluding carboxylic acids is 2. The SMILES string of the molecule is COCCCNC(=O)[C@@H]1CCC(=O)N(CCOC)[C@H]1c1ccc(F)cc1. The van der Waals surface area contributed by atoms with Crippen molar-refractivity contribution in [1.82, 2.24) is 10.2 Å². The molecule has 1 aromatic carbocycles. The molecular formula is C19H27FN2O4. The second-order valence-corrected chi connectivity index (χ2v) is 6.36. The third-order valence-corrected chi connectivity index (χ3v) is 4.62. The molecule has 2 atom stereocenters. The van der Waals surface area contributed by atoms with E-state index in [1.165, 1.54) is 12.1 Å². The quantitative estimate of drug-likeness (QED) is 0.678. The summed E-state index contributed by atoms with van der Waals surface area (Å²) < 4.78 is 23.4. The van der Waals surface area contributed by atoms with Gasteiger partial charge in [-0.05, 0) is 30.5 Å². The lowest BCUT2D eigenvalue weighted by Crippen LogP contribution is -2.49. The number of amides is 2. The average Bonchev–Trinajstić information content (AvgIpc) is 2.64. The smallest absolute Gasteiger partial charge is 0.225 e. The molecule has 0 aliphatic carbocycles. The summed E-state index contributed by atoms with van der Waals surface area (Å²) in [5.74, 6) is -0.831. The molecular weight excluding hydrogens is 339 g/mol. The number of ether oxygens (including phenoxy) is 2. The number of nitrogens with zero attached hydrogens (tertiary/aromatic N) is 1. The molecule has 144 valence electrons. The van der Waals surface area contributed by atoms with E-state index in [-0.39, 0.29) is 23.5 Å². The van der Waals surface area contributed by atoms with Gasteiger partial charge in [-0.2, -0.15) is 0 Å². The highest BCUT2D eigenvalue weighted by Crippen LogP contribution is 2.36. The van der Waals surface area contributed by atoms with Crippen LogP contribution in [0.4, 0.5) is 4.39 Å². The van der Waals surface area contributed by atoms with Crippen molar-refractivity contribution < 1.29 is 23.5 Å². The second-order valence-electron chi connectivity index (χ2n) is 6.36. The van der Waals surface area contributed by atoms with E-state index >= 15 is 0 Å². The number of piperidine rings is 1. The van der Waals surface area contributed by atoms with Gasteiger partial charge >= 0.3 is 0 Å². The van der Waals surface area contributed by atoms with E-state index < -0.39 is 6.04 Å². The van der Waals surface area contributed by atoms with E-state index in [2.05, 4.69) is 5.32 Å². The number of methoxy groups -OCH3 is 2. The van der Waals surface area contributed by atoms with Crippen LogP contribution in [-0.2, 0) is 19.1 Å². The number of hydrogen-bond acceptors (Lipinski definition) is 4. The van der Waals surface area contributed by atoms with Crippen LogP contribution >= 0.6 is 0 Å². The summed E-state index contributed by atoms with van der Waals surface area (Å²) in [4.78, 5) is 26.9. The Morgan fingerprint density at radius 2 is 1.92 bits per heavy atom. The topological polar surface area (TPSA) is 67.9 Å². The van der Waals surface area contributed by atoms with Crippen LogP contribution < -0.4 is 5.32 Å². The summed E-state index contributed by atoms with van der Waals surface area (Å²) in [5, 5.41) is 2.93. The molecule has 6 nitrogen and oxygen atoms in total. The Hall–Kier alpha value is -1.99. The maximum absolute atomic E-state index is 13.3. The van der Waals surface area contributed by atoms with Crippen molar-refractivity contribution in [1.29, 1.82) is 0 Å². The van der Waals surface area contributed by atoms with Crippen molar-refractivity contribution in [2.24, 2.45) is 5.92 Å². The van der Waals surface area contributed by atoms with Crippen LogP contribution in [0.25, 0.3) is 0 Å². The van der Waals surface area contributed by atoms with Crippen molar-refractivity contribution in [3.63, 3.8) is 0 Å². The fraction of sp³-hybridized carbons (Fsp3) is 0.579. The van der Waals surface area contributed by atoms with Gasteiger partial charge < -0.3 is 19.7 Å². The van der Waals surface area contributed by atoms with E-state index in [0.717, 1.165) is 12.0 Å². The third kappa shape index (κ3) is 5.25. The summed E-state index contributed by atoms with van der Waals surface area (Å²) in [6.07, 6.45) is 1.51. The number of nitrogens with one attached hydrogen (secondary N) is 1. The van der Waals surface area contributed by atoms with Gasteiger partial charge in [-0.15, -0.1) is 0 Å². The van der Waals surface area contributed by atoms with Crippen LogP contribution in [0.5, 0.6) is 0 Å².